The highest BCUT2D eigenvalue weighted by atomic mass is 16.6. The molecule has 0 aliphatic rings. The number of hydrogen-bond acceptors (Lipinski definition) is 5. The van der Waals surface area contributed by atoms with Gasteiger partial charge in [0.25, 0.3) is 11.7 Å². The van der Waals surface area contributed by atoms with Crippen molar-refractivity contribution in [3.63, 3.8) is 0 Å². The Hall–Kier alpha value is -3.61. The summed E-state index contributed by atoms with van der Waals surface area (Å²) in [5.74, 6) is -4.65. The summed E-state index contributed by atoms with van der Waals surface area (Å²) in [6, 6.07) is -1.38. The van der Waals surface area contributed by atoms with Crippen molar-refractivity contribution >= 4 is 28.6 Å². The summed E-state index contributed by atoms with van der Waals surface area (Å²) in [6.07, 6.45) is -3.62. The van der Waals surface area contributed by atoms with E-state index in [9.17, 15) is 14.4 Å². The van der Waals surface area contributed by atoms with E-state index in [1.54, 1.807) is 0 Å². The highest BCUT2D eigenvalue weighted by molar-refractivity contribution is 6.45. The van der Waals surface area contributed by atoms with Gasteiger partial charge in [0.15, 0.2) is 6.61 Å². The SMILES string of the molecule is [2H]c1c([2H])c([2H])c(C([2H])([2H])n2c(C([2H])([2H])C([2H])([2H])[2H])c(C(=O)C(N)=O)c3c(OCC(=O)OC)cccc32)c([2H])c1[2H]. The summed E-state index contributed by atoms with van der Waals surface area (Å²) in [6.45, 7) is -7.76. The zero-order valence-electron chi connectivity index (χ0n) is 27.0. The van der Waals surface area contributed by atoms with E-state index in [1.807, 2.05) is 0 Å². The van der Waals surface area contributed by atoms with Crippen LogP contribution in [0.1, 0.15) is 44.9 Å². The Morgan fingerprint density at radius 2 is 2.00 bits per heavy atom. The van der Waals surface area contributed by atoms with Crippen molar-refractivity contribution in [1.29, 1.82) is 0 Å². The Labute approximate surface area is 184 Å². The van der Waals surface area contributed by atoms with Crippen molar-refractivity contribution in [2.75, 3.05) is 13.7 Å². The van der Waals surface area contributed by atoms with Gasteiger partial charge in [-0.15, -0.1) is 0 Å². The molecular formula is C22H22N2O5. The molecule has 7 nitrogen and oxygen atoms in total. The normalized spacial score (nSPS) is 18.1. The lowest BCUT2D eigenvalue weighted by atomic mass is 10.0. The fourth-order valence-electron chi connectivity index (χ4n) is 2.62. The van der Waals surface area contributed by atoms with E-state index in [4.69, 9.17) is 26.9 Å². The van der Waals surface area contributed by atoms with Crippen molar-refractivity contribution in [2.45, 2.75) is 19.7 Å². The summed E-state index contributed by atoms with van der Waals surface area (Å²) >= 11 is 0. The number of ether oxygens (including phenoxy) is 2. The molecule has 1 aromatic heterocycles. The zero-order valence-corrected chi connectivity index (χ0v) is 15.0. The van der Waals surface area contributed by atoms with Crippen LogP contribution in [0.15, 0.2) is 48.4 Å². The summed E-state index contributed by atoms with van der Waals surface area (Å²) in [7, 11) is 1.04. The number of hydrogen-bond donors (Lipinski definition) is 1. The third-order valence-corrected chi connectivity index (χ3v) is 3.82. The fraction of sp³-hybridized carbons (Fsp3) is 0.227. The maximum atomic E-state index is 13.2. The molecule has 7 heteroatoms. The average Bonchev–Trinajstić information content (AvgIpc) is 3.25. The molecule has 29 heavy (non-hydrogen) atoms. The largest absolute Gasteiger partial charge is 0.481 e. The van der Waals surface area contributed by atoms with E-state index in [1.165, 1.54) is 6.07 Å². The molecule has 0 radical (unpaired) electrons. The van der Waals surface area contributed by atoms with Crippen LogP contribution in [0.4, 0.5) is 0 Å². The van der Waals surface area contributed by atoms with Gasteiger partial charge in [-0.1, -0.05) is 43.1 Å². The molecule has 2 aromatic carbocycles. The molecule has 1 amide bonds. The number of esters is 1. The molecular weight excluding hydrogens is 372 g/mol. The Balaban J connectivity index is 2.68. The number of methoxy groups -OCH3 is 1. The average molecular weight is 407 g/mol. The molecule has 0 spiro atoms. The van der Waals surface area contributed by atoms with Crippen LogP contribution in [0.25, 0.3) is 10.9 Å². The van der Waals surface area contributed by atoms with Gasteiger partial charge in [-0.2, -0.15) is 0 Å². The van der Waals surface area contributed by atoms with Crippen molar-refractivity contribution in [2.24, 2.45) is 5.73 Å². The van der Waals surface area contributed by atoms with E-state index in [2.05, 4.69) is 4.74 Å². The first kappa shape index (κ1) is 9.73. The van der Waals surface area contributed by atoms with Crippen LogP contribution in [0, 0.1) is 0 Å². The fourth-order valence-corrected chi connectivity index (χ4v) is 2.62. The first-order chi connectivity index (χ1) is 18.7. The summed E-state index contributed by atoms with van der Waals surface area (Å²) in [5.41, 5.74) is 1.42. The van der Waals surface area contributed by atoms with Crippen LogP contribution in [-0.2, 0) is 27.2 Å². The number of ketones is 1. The topological polar surface area (TPSA) is 101 Å². The van der Waals surface area contributed by atoms with Crippen molar-refractivity contribution < 1.29 is 40.3 Å². The number of fused-ring (bicyclic) bond motifs is 1. The van der Waals surface area contributed by atoms with Gasteiger partial charge in [0.1, 0.15) is 5.75 Å². The minimum Gasteiger partial charge on any atom is -0.481 e. The van der Waals surface area contributed by atoms with E-state index in [0.717, 1.165) is 19.2 Å². The molecule has 0 bridgehead atoms. The molecule has 1 heterocycles. The molecule has 3 aromatic rings. The number of aromatic nitrogens is 1. The van der Waals surface area contributed by atoms with E-state index in [0.29, 0.717) is 4.57 Å². The van der Waals surface area contributed by atoms with E-state index in [-0.39, 0.29) is 0 Å². The molecule has 0 unspecified atom stereocenters. The predicted molar refractivity (Wildman–Crippen MR) is 108 cm³/mol. The lowest BCUT2D eigenvalue weighted by molar-refractivity contribution is -0.142. The summed E-state index contributed by atoms with van der Waals surface area (Å²) < 4.78 is 109. The number of amides is 1. The third kappa shape index (κ3) is 3.99. The van der Waals surface area contributed by atoms with Crippen molar-refractivity contribution in [1.82, 2.24) is 4.57 Å². The van der Waals surface area contributed by atoms with Gasteiger partial charge in [-0.25, -0.2) is 4.79 Å². The molecule has 0 saturated carbocycles. The van der Waals surface area contributed by atoms with Crippen LogP contribution >= 0.6 is 0 Å². The number of Topliss-reactive ketones (excluding diaryl/α,β-unsaturated/α-hetero) is 1. The van der Waals surface area contributed by atoms with Gasteiger partial charge < -0.3 is 19.8 Å². The Bertz CT molecular complexity index is 1570. The number of nitrogens with zero attached hydrogens (tertiary/aromatic N) is 1. The van der Waals surface area contributed by atoms with Crippen molar-refractivity contribution in [3.8, 4) is 5.75 Å². The number of carbonyl (C=O) groups excluding carboxylic acids is 3. The number of carbonyl (C=O) groups is 3. The quantitative estimate of drug-likeness (QED) is 0.352. The molecule has 0 aliphatic carbocycles. The van der Waals surface area contributed by atoms with Gasteiger partial charge in [0, 0.05) is 19.0 Å². The summed E-state index contributed by atoms with van der Waals surface area (Å²) in [4.78, 5) is 37.1. The van der Waals surface area contributed by atoms with Crippen LogP contribution in [-0.4, -0.2) is 35.9 Å². The molecule has 0 atom stereocenters. The number of benzene rings is 2. The van der Waals surface area contributed by atoms with Crippen LogP contribution in [0.3, 0.4) is 0 Å². The maximum Gasteiger partial charge on any atom is 0.343 e. The lowest BCUT2D eigenvalue weighted by Crippen LogP contribution is -2.24. The molecule has 150 valence electrons. The highest BCUT2D eigenvalue weighted by Crippen LogP contribution is 2.35. The second kappa shape index (κ2) is 8.60. The monoisotopic (exact) mass is 406 g/mol. The molecule has 0 fully saturated rings. The predicted octanol–water partition coefficient (Wildman–Crippen LogP) is 2.47. The van der Waals surface area contributed by atoms with Crippen LogP contribution in [0.5, 0.6) is 5.75 Å². The van der Waals surface area contributed by atoms with Gasteiger partial charge in [0.05, 0.1) is 33.2 Å². The van der Waals surface area contributed by atoms with Crippen molar-refractivity contribution in [3.05, 3.63) is 65.2 Å². The standard InChI is InChI=1S/C22H22N2O5/c1-3-15-20(21(26)22(23)27)19-16(24(15)12-14-8-5-4-6-9-14)10-7-11-17(19)29-13-18(25)28-2/h4-11H,3,12-13H2,1-2H3,(H2,23,27)/i1D3,3D2,4D,5D,6D,8D,9D,12D2. The number of rotatable bonds is 8. The smallest absolute Gasteiger partial charge is 0.343 e. The minimum atomic E-state index is -3.62. The van der Waals surface area contributed by atoms with E-state index < -0.39 is 108 Å². The van der Waals surface area contributed by atoms with Gasteiger partial charge >= 0.3 is 5.97 Å². The minimum absolute atomic E-state index is 0.323. The molecule has 0 aliphatic heterocycles. The number of nitrogens with two attached hydrogens (primary N) is 1. The first-order valence-corrected chi connectivity index (χ1v) is 8.02. The Morgan fingerprint density at radius 3 is 2.66 bits per heavy atom. The number of primary amides is 1. The molecule has 0 saturated heterocycles. The lowest BCUT2D eigenvalue weighted by Gasteiger charge is -2.11. The second-order valence-corrected chi connectivity index (χ2v) is 5.50. The Morgan fingerprint density at radius 1 is 1.24 bits per heavy atom. The molecule has 3 rings (SSSR count). The van der Waals surface area contributed by atoms with Gasteiger partial charge in [-0.3, -0.25) is 9.59 Å². The van der Waals surface area contributed by atoms with Gasteiger partial charge in [-0.05, 0) is 24.1 Å². The van der Waals surface area contributed by atoms with Crippen LogP contribution < -0.4 is 10.5 Å². The first-order valence-electron chi connectivity index (χ1n) is 14.0. The van der Waals surface area contributed by atoms with E-state index >= 15 is 0 Å². The third-order valence-electron chi connectivity index (χ3n) is 3.82. The zero-order chi connectivity index (χ0) is 31.4. The van der Waals surface area contributed by atoms with Gasteiger partial charge in [0.2, 0.25) is 0 Å². The molecule has 2 N–H and O–H groups in total. The van der Waals surface area contributed by atoms with Crippen LogP contribution in [0.2, 0.25) is 0 Å². The highest BCUT2D eigenvalue weighted by Gasteiger charge is 2.27. The second-order valence-electron chi connectivity index (χ2n) is 5.50. The Kier molecular flexibility index (Phi) is 2.89. The maximum absolute atomic E-state index is 13.2. The summed E-state index contributed by atoms with van der Waals surface area (Å²) in [5, 5.41) is -0.528.